The Morgan fingerprint density at radius 3 is 2.77 bits per heavy atom. The van der Waals surface area contributed by atoms with E-state index < -0.39 is 0 Å². The first-order valence-electron chi connectivity index (χ1n) is 10.2. The molecule has 4 aliphatic carbocycles. The van der Waals surface area contributed by atoms with E-state index in [0.717, 1.165) is 37.8 Å². The lowest BCUT2D eigenvalue weighted by Gasteiger charge is -2.57. The Morgan fingerprint density at radius 1 is 1.19 bits per heavy atom. The van der Waals surface area contributed by atoms with Crippen molar-refractivity contribution in [3.05, 3.63) is 11.8 Å². The Labute approximate surface area is 156 Å². The second-order valence-corrected chi connectivity index (χ2v) is 9.38. The number of fused-ring (bicyclic) bond motifs is 5. The summed E-state index contributed by atoms with van der Waals surface area (Å²) in [6, 6.07) is 0. The van der Waals surface area contributed by atoms with Crippen molar-refractivity contribution in [2.75, 3.05) is 13.2 Å². The normalized spacial score (nSPS) is 44.8. The van der Waals surface area contributed by atoms with Gasteiger partial charge in [-0.1, -0.05) is 19.9 Å². The molecule has 0 aromatic carbocycles. The third-order valence-corrected chi connectivity index (χ3v) is 8.21. The minimum atomic E-state index is -0.169. The molecule has 0 saturated heterocycles. The van der Waals surface area contributed by atoms with Gasteiger partial charge in [0.2, 0.25) is 0 Å². The van der Waals surface area contributed by atoms with Crippen LogP contribution in [0.3, 0.4) is 0 Å². The molecular formula is C21H32N2O3. The van der Waals surface area contributed by atoms with Gasteiger partial charge in [-0.25, -0.2) is 0 Å². The highest BCUT2D eigenvalue weighted by atomic mass is 16.6. The Hall–Kier alpha value is -1.20. The summed E-state index contributed by atoms with van der Waals surface area (Å²) in [5, 5.41) is 0. The highest BCUT2D eigenvalue weighted by Crippen LogP contribution is 2.64. The van der Waals surface area contributed by atoms with Crippen LogP contribution >= 0.6 is 0 Å². The topological polar surface area (TPSA) is 81.4 Å². The zero-order valence-electron chi connectivity index (χ0n) is 16.1. The van der Waals surface area contributed by atoms with Gasteiger partial charge in [0.15, 0.2) is 0 Å². The van der Waals surface area contributed by atoms with E-state index in [2.05, 4.69) is 25.4 Å². The zero-order valence-corrected chi connectivity index (χ0v) is 16.1. The quantitative estimate of drug-likeness (QED) is 0.595. The fraction of sp³-hybridized carbons (Fsp3) is 0.810. The van der Waals surface area contributed by atoms with E-state index in [9.17, 15) is 9.59 Å². The number of nitrogens with one attached hydrogen (secondary N) is 1. The predicted molar refractivity (Wildman–Crippen MR) is 98.7 cm³/mol. The molecule has 144 valence electrons. The van der Waals surface area contributed by atoms with E-state index in [1.54, 1.807) is 0 Å². The molecule has 5 heteroatoms. The lowest BCUT2D eigenvalue weighted by molar-refractivity contribution is -0.149. The van der Waals surface area contributed by atoms with Gasteiger partial charge in [-0.2, -0.15) is 0 Å². The summed E-state index contributed by atoms with van der Waals surface area (Å²) >= 11 is 0. The van der Waals surface area contributed by atoms with Crippen LogP contribution in [-0.4, -0.2) is 24.7 Å². The van der Waals surface area contributed by atoms with Crippen LogP contribution in [0, 0.1) is 34.5 Å². The molecule has 26 heavy (non-hydrogen) atoms. The van der Waals surface area contributed by atoms with E-state index in [-0.39, 0.29) is 16.7 Å². The van der Waals surface area contributed by atoms with Gasteiger partial charge in [0, 0.05) is 36.4 Å². The average molecular weight is 360 g/mol. The molecule has 6 atom stereocenters. The Morgan fingerprint density at radius 2 is 2.00 bits per heavy atom. The number of allylic oxidation sites excluding steroid dienone is 2. The molecule has 5 nitrogen and oxygen atoms in total. The van der Waals surface area contributed by atoms with Crippen molar-refractivity contribution in [1.82, 2.24) is 5.48 Å². The van der Waals surface area contributed by atoms with Gasteiger partial charge in [0.25, 0.3) is 0 Å². The molecular weight excluding hydrogens is 328 g/mol. The summed E-state index contributed by atoms with van der Waals surface area (Å²) in [6.07, 6.45) is 8.47. The van der Waals surface area contributed by atoms with Crippen LogP contribution in [-0.2, 0) is 14.4 Å². The second kappa shape index (κ2) is 6.45. The van der Waals surface area contributed by atoms with Gasteiger partial charge in [-0.15, -0.1) is 0 Å². The smallest absolute Gasteiger partial charge is 0.140 e. The van der Waals surface area contributed by atoms with Gasteiger partial charge in [0.05, 0.1) is 6.61 Å². The molecule has 0 aromatic heterocycles. The van der Waals surface area contributed by atoms with Gasteiger partial charge in [0.1, 0.15) is 11.6 Å². The van der Waals surface area contributed by atoms with E-state index in [4.69, 9.17) is 10.6 Å². The fourth-order valence-corrected chi connectivity index (χ4v) is 6.72. The van der Waals surface area contributed by atoms with Crippen LogP contribution in [0.25, 0.3) is 0 Å². The van der Waals surface area contributed by atoms with Crippen molar-refractivity contribution in [2.24, 2.45) is 40.2 Å². The van der Waals surface area contributed by atoms with E-state index in [1.807, 2.05) is 0 Å². The first-order chi connectivity index (χ1) is 12.4. The van der Waals surface area contributed by atoms with Crippen LogP contribution < -0.4 is 11.2 Å². The number of hydroxylamine groups is 1. The van der Waals surface area contributed by atoms with Crippen LogP contribution in [0.15, 0.2) is 11.8 Å². The maximum Gasteiger partial charge on any atom is 0.140 e. The van der Waals surface area contributed by atoms with E-state index in [1.165, 1.54) is 0 Å². The minimum absolute atomic E-state index is 0.0199. The first-order valence-corrected chi connectivity index (χ1v) is 10.2. The highest BCUT2D eigenvalue weighted by Gasteiger charge is 2.61. The van der Waals surface area contributed by atoms with Gasteiger partial charge in [-0.3, -0.25) is 19.9 Å². The summed E-state index contributed by atoms with van der Waals surface area (Å²) in [6.45, 7) is 5.43. The van der Waals surface area contributed by atoms with Crippen molar-refractivity contribution in [1.29, 1.82) is 0 Å². The third-order valence-electron chi connectivity index (χ3n) is 8.21. The lowest BCUT2D eigenvalue weighted by atomic mass is 9.46. The molecule has 0 radical (unpaired) electrons. The van der Waals surface area contributed by atoms with Crippen LogP contribution in [0.1, 0.15) is 58.8 Å². The number of nitrogens with two attached hydrogens (primary N) is 1. The number of Topliss-reactive ketones (excluding diaryl/α,β-unsaturated/α-hetero) is 2. The highest BCUT2D eigenvalue weighted by molar-refractivity contribution is 5.88. The summed E-state index contributed by atoms with van der Waals surface area (Å²) < 4.78 is 0. The molecule has 0 bridgehead atoms. The van der Waals surface area contributed by atoms with Crippen LogP contribution in [0.2, 0.25) is 0 Å². The van der Waals surface area contributed by atoms with Crippen molar-refractivity contribution in [2.45, 2.75) is 58.8 Å². The number of hydrogen-bond acceptors (Lipinski definition) is 5. The number of ketones is 2. The number of rotatable bonds is 4. The van der Waals surface area contributed by atoms with Crippen molar-refractivity contribution in [3.63, 3.8) is 0 Å². The molecule has 0 aromatic rings. The number of hydrogen-bond donors (Lipinski definition) is 2. The third kappa shape index (κ3) is 2.58. The SMILES string of the molecule is C[C@]12CCC(NOCCN)=CC1C(=O)C[C@@H]1[C@H]2CC[C@]2(C)C(=O)CC[C@@H]12. The van der Waals surface area contributed by atoms with Crippen LogP contribution in [0.4, 0.5) is 0 Å². The zero-order chi connectivity index (χ0) is 18.5. The Balaban J connectivity index is 1.58. The monoisotopic (exact) mass is 360 g/mol. The molecule has 3 saturated carbocycles. The maximum atomic E-state index is 13.1. The van der Waals surface area contributed by atoms with Crippen molar-refractivity contribution >= 4 is 11.6 Å². The summed E-state index contributed by atoms with van der Waals surface area (Å²) in [4.78, 5) is 31.0. The Bertz CT molecular complexity index is 645. The summed E-state index contributed by atoms with van der Waals surface area (Å²) in [5.41, 5.74) is 9.33. The Kier molecular flexibility index (Phi) is 4.51. The number of carbonyl (C=O) groups is 2. The van der Waals surface area contributed by atoms with E-state index in [0.29, 0.717) is 55.3 Å². The molecule has 0 heterocycles. The van der Waals surface area contributed by atoms with Gasteiger partial charge in [-0.05, 0) is 55.3 Å². The van der Waals surface area contributed by atoms with Gasteiger partial charge >= 0.3 is 0 Å². The lowest BCUT2D eigenvalue weighted by Crippen LogP contribution is -2.55. The predicted octanol–water partition coefficient (Wildman–Crippen LogP) is 2.75. The molecule has 1 unspecified atom stereocenters. The first kappa shape index (κ1) is 18.2. The average Bonchev–Trinajstić information content (AvgIpc) is 2.92. The molecule has 0 aliphatic heterocycles. The molecule has 0 spiro atoms. The molecule has 4 rings (SSSR count). The van der Waals surface area contributed by atoms with Crippen LogP contribution in [0.5, 0.6) is 0 Å². The molecule has 0 amide bonds. The fourth-order valence-electron chi connectivity index (χ4n) is 6.72. The number of carbonyl (C=O) groups excluding carboxylic acids is 2. The standard InChI is InChI=1S/C21H32N2O3/c1-20-7-5-13(23-26-10-9-22)11-17(20)18(24)12-14-15-3-4-19(25)21(15,2)8-6-16(14)20/h11,14-17,23H,3-10,12,22H2,1-2H3/t14-,15-,16+,17?,20+,21-/m0/s1. The molecule has 3 fully saturated rings. The van der Waals surface area contributed by atoms with Crippen molar-refractivity contribution < 1.29 is 14.4 Å². The maximum absolute atomic E-state index is 13.1. The van der Waals surface area contributed by atoms with Gasteiger partial charge < -0.3 is 5.73 Å². The molecule has 4 aliphatic rings. The summed E-state index contributed by atoms with van der Waals surface area (Å²) in [7, 11) is 0. The molecule has 3 N–H and O–H groups in total. The minimum Gasteiger partial charge on any atom is -0.328 e. The largest absolute Gasteiger partial charge is 0.328 e. The summed E-state index contributed by atoms with van der Waals surface area (Å²) in [5.74, 6) is 2.13. The van der Waals surface area contributed by atoms with Crippen molar-refractivity contribution in [3.8, 4) is 0 Å². The second-order valence-electron chi connectivity index (χ2n) is 9.38. The van der Waals surface area contributed by atoms with E-state index >= 15 is 0 Å².